The lowest BCUT2D eigenvalue weighted by Gasteiger charge is -2.18. The summed E-state index contributed by atoms with van der Waals surface area (Å²) < 4.78 is 13.8. The largest absolute Gasteiger partial charge is 0.337 e. The number of halogens is 1. The van der Waals surface area contributed by atoms with Gasteiger partial charge in [0.2, 0.25) is 0 Å². The average molecular weight is 362 g/mol. The van der Waals surface area contributed by atoms with Gasteiger partial charge >= 0.3 is 0 Å². The Bertz CT molecular complexity index is 940. The normalized spacial score (nSPS) is 10.3. The lowest BCUT2D eigenvalue weighted by Crippen LogP contribution is -2.26. The average Bonchev–Trinajstić information content (AvgIpc) is 2.70. The smallest absolute Gasteiger partial charge is 0.255 e. The van der Waals surface area contributed by atoms with Crippen molar-refractivity contribution in [2.45, 2.75) is 6.54 Å². The molecule has 5 heteroatoms. The summed E-state index contributed by atoms with van der Waals surface area (Å²) in [4.78, 5) is 26.1. The highest BCUT2D eigenvalue weighted by Gasteiger charge is 2.14. The van der Waals surface area contributed by atoms with Crippen LogP contribution < -0.4 is 5.32 Å². The third-order valence-electron chi connectivity index (χ3n) is 4.14. The zero-order valence-corrected chi connectivity index (χ0v) is 14.9. The van der Waals surface area contributed by atoms with Gasteiger partial charge in [-0.2, -0.15) is 0 Å². The van der Waals surface area contributed by atoms with Gasteiger partial charge in [-0.15, -0.1) is 0 Å². The van der Waals surface area contributed by atoms with Crippen LogP contribution >= 0.6 is 0 Å². The van der Waals surface area contributed by atoms with Gasteiger partial charge < -0.3 is 10.2 Å². The fourth-order valence-electron chi connectivity index (χ4n) is 2.66. The summed E-state index contributed by atoms with van der Waals surface area (Å²) in [5.74, 6) is -0.776. The highest BCUT2D eigenvalue weighted by atomic mass is 19.1. The lowest BCUT2D eigenvalue weighted by atomic mass is 10.1. The zero-order valence-electron chi connectivity index (χ0n) is 14.9. The summed E-state index contributed by atoms with van der Waals surface area (Å²) in [6, 6.07) is 21.9. The number of carbonyl (C=O) groups excluding carboxylic acids is 2. The molecule has 0 spiro atoms. The number of rotatable bonds is 5. The molecule has 0 bridgehead atoms. The van der Waals surface area contributed by atoms with E-state index in [-0.39, 0.29) is 24.2 Å². The van der Waals surface area contributed by atoms with Crippen molar-refractivity contribution in [2.24, 2.45) is 0 Å². The maximum atomic E-state index is 13.8. The maximum absolute atomic E-state index is 13.8. The molecule has 0 aliphatic heterocycles. The van der Waals surface area contributed by atoms with E-state index < -0.39 is 0 Å². The Labute approximate surface area is 157 Å². The molecule has 0 atom stereocenters. The fraction of sp³-hybridized carbons (Fsp3) is 0.0909. The SMILES string of the molecule is CN(Cc1ccccc1F)C(=O)c1ccc(NC(=O)c2ccccc2)cc1. The molecule has 0 heterocycles. The van der Waals surface area contributed by atoms with Gasteiger partial charge in [0.15, 0.2) is 0 Å². The molecule has 3 aromatic carbocycles. The molecule has 136 valence electrons. The number of nitrogens with one attached hydrogen (secondary N) is 1. The predicted octanol–water partition coefficient (Wildman–Crippen LogP) is 4.35. The number of anilines is 1. The minimum atomic E-state index is -0.337. The van der Waals surface area contributed by atoms with E-state index in [2.05, 4.69) is 5.32 Å². The molecule has 0 fully saturated rings. The van der Waals surface area contributed by atoms with Crippen LogP contribution in [-0.2, 0) is 6.54 Å². The highest BCUT2D eigenvalue weighted by molar-refractivity contribution is 6.04. The molecule has 0 aromatic heterocycles. The summed E-state index contributed by atoms with van der Waals surface area (Å²) in [6.45, 7) is 0.179. The van der Waals surface area contributed by atoms with Crippen molar-refractivity contribution in [1.82, 2.24) is 4.90 Å². The van der Waals surface area contributed by atoms with E-state index in [0.29, 0.717) is 22.4 Å². The van der Waals surface area contributed by atoms with Crippen molar-refractivity contribution in [1.29, 1.82) is 0 Å². The van der Waals surface area contributed by atoms with Crippen LogP contribution in [0.2, 0.25) is 0 Å². The van der Waals surface area contributed by atoms with Gasteiger partial charge in [-0.05, 0) is 42.5 Å². The lowest BCUT2D eigenvalue weighted by molar-refractivity contribution is 0.0783. The first-order valence-electron chi connectivity index (χ1n) is 8.50. The quantitative estimate of drug-likeness (QED) is 0.734. The van der Waals surface area contributed by atoms with Gasteiger partial charge in [0.1, 0.15) is 5.82 Å². The topological polar surface area (TPSA) is 49.4 Å². The maximum Gasteiger partial charge on any atom is 0.255 e. The van der Waals surface area contributed by atoms with Crippen LogP contribution in [-0.4, -0.2) is 23.8 Å². The van der Waals surface area contributed by atoms with Crippen molar-refractivity contribution in [3.05, 3.63) is 101 Å². The Hall–Kier alpha value is -3.47. The Morgan fingerprint density at radius 3 is 2.15 bits per heavy atom. The van der Waals surface area contributed by atoms with Gasteiger partial charge in [0.05, 0.1) is 0 Å². The van der Waals surface area contributed by atoms with Crippen molar-refractivity contribution in [2.75, 3.05) is 12.4 Å². The molecule has 4 nitrogen and oxygen atoms in total. The third-order valence-corrected chi connectivity index (χ3v) is 4.14. The van der Waals surface area contributed by atoms with Crippen molar-refractivity contribution >= 4 is 17.5 Å². The molecule has 3 aromatic rings. The van der Waals surface area contributed by atoms with E-state index in [4.69, 9.17) is 0 Å². The Morgan fingerprint density at radius 1 is 0.852 bits per heavy atom. The van der Waals surface area contributed by atoms with E-state index >= 15 is 0 Å². The number of carbonyl (C=O) groups is 2. The van der Waals surface area contributed by atoms with Crippen LogP contribution in [0.4, 0.5) is 10.1 Å². The summed E-state index contributed by atoms with van der Waals surface area (Å²) in [5.41, 5.74) is 2.08. The van der Waals surface area contributed by atoms with Gasteiger partial charge in [0.25, 0.3) is 11.8 Å². The molecule has 0 aliphatic rings. The number of hydrogen-bond donors (Lipinski definition) is 1. The summed E-state index contributed by atoms with van der Waals surface area (Å²) in [6.07, 6.45) is 0. The molecule has 0 aliphatic carbocycles. The van der Waals surface area contributed by atoms with E-state index in [1.54, 1.807) is 73.8 Å². The molecule has 27 heavy (non-hydrogen) atoms. The molecule has 2 amide bonds. The Morgan fingerprint density at radius 2 is 1.48 bits per heavy atom. The molecular formula is C22H19FN2O2. The van der Waals surface area contributed by atoms with E-state index in [1.807, 2.05) is 6.07 Å². The molecule has 0 radical (unpaired) electrons. The zero-order chi connectivity index (χ0) is 19.2. The van der Waals surface area contributed by atoms with Crippen molar-refractivity contribution in [3.8, 4) is 0 Å². The monoisotopic (exact) mass is 362 g/mol. The fourth-order valence-corrected chi connectivity index (χ4v) is 2.66. The van der Waals surface area contributed by atoms with E-state index in [1.165, 1.54) is 11.0 Å². The van der Waals surface area contributed by atoms with Gasteiger partial charge in [-0.25, -0.2) is 4.39 Å². The first kappa shape index (κ1) is 18.3. The molecule has 1 N–H and O–H groups in total. The number of nitrogens with zero attached hydrogens (tertiary/aromatic N) is 1. The molecule has 0 saturated carbocycles. The van der Waals surface area contributed by atoms with Crippen LogP contribution in [0.15, 0.2) is 78.9 Å². The molecule has 0 saturated heterocycles. The van der Waals surface area contributed by atoms with Crippen LogP contribution in [0.25, 0.3) is 0 Å². The summed E-state index contributed by atoms with van der Waals surface area (Å²) >= 11 is 0. The van der Waals surface area contributed by atoms with Crippen molar-refractivity contribution in [3.63, 3.8) is 0 Å². The second kappa shape index (κ2) is 8.27. The van der Waals surface area contributed by atoms with Crippen LogP contribution in [0, 0.1) is 5.82 Å². The Kier molecular flexibility index (Phi) is 5.61. The summed E-state index contributed by atoms with van der Waals surface area (Å²) in [5, 5.41) is 2.79. The van der Waals surface area contributed by atoms with Gasteiger partial charge in [0, 0.05) is 36.0 Å². The van der Waals surface area contributed by atoms with Crippen LogP contribution in [0.1, 0.15) is 26.3 Å². The molecule has 0 unspecified atom stereocenters. The first-order valence-corrected chi connectivity index (χ1v) is 8.50. The number of benzene rings is 3. The standard InChI is InChI=1S/C22H19FN2O2/c1-25(15-18-9-5-6-10-20(18)23)22(27)17-11-13-19(14-12-17)24-21(26)16-7-3-2-4-8-16/h2-14H,15H2,1H3,(H,24,26). The first-order chi connectivity index (χ1) is 13.0. The summed E-state index contributed by atoms with van der Waals surface area (Å²) in [7, 11) is 1.62. The third kappa shape index (κ3) is 4.58. The highest BCUT2D eigenvalue weighted by Crippen LogP contribution is 2.15. The molecule has 3 rings (SSSR count). The molecular weight excluding hydrogens is 343 g/mol. The van der Waals surface area contributed by atoms with E-state index in [0.717, 1.165) is 0 Å². The number of amides is 2. The van der Waals surface area contributed by atoms with Gasteiger partial charge in [-0.1, -0.05) is 36.4 Å². The second-order valence-electron chi connectivity index (χ2n) is 6.15. The minimum absolute atomic E-state index is 0.179. The van der Waals surface area contributed by atoms with Crippen LogP contribution in [0.5, 0.6) is 0 Å². The minimum Gasteiger partial charge on any atom is -0.337 e. The van der Waals surface area contributed by atoms with E-state index in [9.17, 15) is 14.0 Å². The predicted molar refractivity (Wildman–Crippen MR) is 103 cm³/mol. The second-order valence-corrected chi connectivity index (χ2v) is 6.15. The van der Waals surface area contributed by atoms with Crippen LogP contribution in [0.3, 0.4) is 0 Å². The van der Waals surface area contributed by atoms with Crippen molar-refractivity contribution < 1.29 is 14.0 Å². The Balaban J connectivity index is 1.65. The number of hydrogen-bond acceptors (Lipinski definition) is 2. The van der Waals surface area contributed by atoms with Gasteiger partial charge in [-0.3, -0.25) is 9.59 Å².